The highest BCUT2D eigenvalue weighted by Gasteiger charge is 2.49. The van der Waals surface area contributed by atoms with E-state index in [9.17, 15) is 58.8 Å². The molecule has 2 aromatic carbocycles. The van der Waals surface area contributed by atoms with E-state index in [-0.39, 0.29) is 60.2 Å². The van der Waals surface area contributed by atoms with Gasteiger partial charge in [-0.15, -0.1) is 11.3 Å². The first kappa shape index (κ1) is 71.9. The van der Waals surface area contributed by atoms with Crippen LogP contribution in [0.15, 0.2) is 60.1 Å². The maximum atomic E-state index is 14.9. The summed E-state index contributed by atoms with van der Waals surface area (Å²) in [7, 11) is 6.00. The van der Waals surface area contributed by atoms with Gasteiger partial charge in [-0.25, -0.2) is 20.5 Å². The number of hydrogen-bond acceptors (Lipinski definition) is 20. The Morgan fingerprint density at radius 2 is 1.57 bits per heavy atom. The molecule has 88 heavy (non-hydrogen) atoms. The highest BCUT2D eigenvalue weighted by molar-refractivity contribution is 7.09. The van der Waals surface area contributed by atoms with Gasteiger partial charge < -0.3 is 75.2 Å². The minimum atomic E-state index is -2.01. The number of likely N-dealkylation sites (tertiary alicyclic amines) is 1. The van der Waals surface area contributed by atoms with Crippen molar-refractivity contribution in [1.82, 2.24) is 35.6 Å². The number of benzene rings is 2. The number of nitrogens with zero attached hydrogens (tertiary/aromatic N) is 4. The van der Waals surface area contributed by atoms with E-state index in [0.717, 1.165) is 15.5 Å². The number of nitrogens with one attached hydrogen (secondary N) is 4. The van der Waals surface area contributed by atoms with Gasteiger partial charge in [-0.1, -0.05) is 91.3 Å². The molecule has 5 unspecified atom stereocenters. The molecule has 0 bridgehead atoms. The van der Waals surface area contributed by atoms with E-state index in [1.807, 2.05) is 49.6 Å². The maximum Gasteiger partial charge on any atom is 0.410 e. The van der Waals surface area contributed by atoms with Crippen LogP contribution < -0.4 is 31.9 Å². The van der Waals surface area contributed by atoms with Gasteiger partial charge in [0, 0.05) is 59.4 Å². The number of aromatic nitrogens is 1. The zero-order valence-corrected chi connectivity index (χ0v) is 52.7. The van der Waals surface area contributed by atoms with Crippen LogP contribution in [0.1, 0.15) is 103 Å². The van der Waals surface area contributed by atoms with Crippen LogP contribution in [0, 0.1) is 23.7 Å². The second-order valence-corrected chi connectivity index (χ2v) is 23.9. The molecule has 0 radical (unpaired) electrons. The van der Waals surface area contributed by atoms with Crippen LogP contribution in [0.25, 0.3) is 0 Å². The Morgan fingerprint density at radius 3 is 2.17 bits per heavy atom. The summed E-state index contributed by atoms with van der Waals surface area (Å²) in [4.78, 5) is 122. The summed E-state index contributed by atoms with van der Waals surface area (Å²) < 4.78 is 28.9. The van der Waals surface area contributed by atoms with Gasteiger partial charge in [0.05, 0.1) is 48.4 Å². The number of carboxylic acid groups (broad SMARTS) is 1. The first-order valence-electron chi connectivity index (χ1n) is 29.4. The van der Waals surface area contributed by atoms with Crippen LogP contribution in [0.2, 0.25) is 0 Å². The number of aliphatic hydroxyl groups excluding tert-OH is 3. The molecule has 14 atom stereocenters. The van der Waals surface area contributed by atoms with E-state index in [2.05, 4.69) is 31.1 Å². The van der Waals surface area contributed by atoms with Crippen molar-refractivity contribution in [2.75, 3.05) is 53.3 Å². The number of nitrogens with two attached hydrogens (primary N) is 1. The molecule has 2 aliphatic rings. The third kappa shape index (κ3) is 19.1. The lowest BCUT2D eigenvalue weighted by Crippen LogP contribution is -2.61. The molecular weight excluding hydrogens is 1170 g/mol. The summed E-state index contributed by atoms with van der Waals surface area (Å²) in [6.07, 6.45) is -8.51. The Labute approximate surface area is 517 Å². The lowest BCUT2D eigenvalue weighted by molar-refractivity contribution is -0.271. The number of ether oxygens (including phenoxy) is 5. The molecule has 2 fully saturated rings. The maximum absolute atomic E-state index is 14.9. The van der Waals surface area contributed by atoms with Gasteiger partial charge in [0.15, 0.2) is 6.10 Å². The monoisotopic (exact) mass is 1260 g/mol. The zero-order valence-electron chi connectivity index (χ0n) is 51.9. The Hall–Kier alpha value is -6.89. The number of thiazole rings is 1. The molecule has 2 aliphatic heterocycles. The van der Waals surface area contributed by atoms with Crippen molar-refractivity contribution < 1.29 is 87.3 Å². The number of methoxy groups -OCH3 is 2. The molecular formula is C60H89N9O18S. The number of carbonyl (C=O) groups excluding carboxylic acids is 7. The van der Waals surface area contributed by atoms with Gasteiger partial charge in [-0.3, -0.25) is 38.5 Å². The number of aliphatic hydroxyl groups is 3. The highest BCUT2D eigenvalue weighted by atomic mass is 32.1. The van der Waals surface area contributed by atoms with Gasteiger partial charge in [-0.2, -0.15) is 0 Å². The number of amides is 7. The average Bonchev–Trinajstić information content (AvgIpc) is 2.50. The molecule has 0 saturated carbocycles. The molecule has 28 heteroatoms. The largest absolute Gasteiger partial charge is 0.479 e. The fraction of sp³-hybridized carbons (Fsp3) is 0.617. The number of carbonyl (C=O) groups is 8. The molecule has 1 aromatic heterocycles. The van der Waals surface area contributed by atoms with E-state index in [0.29, 0.717) is 32.2 Å². The van der Waals surface area contributed by atoms with Crippen LogP contribution >= 0.6 is 11.3 Å². The SMILES string of the molecule is CCC(C)[C@@H]([C@@H](CC(=O)N1CCC[C@H]1[C@H](OC)[C@@H](C)C(=O)NC(Cc1ccccc1)c1nccs1)OC)N(C)C(=O)C(NC(=O)[C@H](C(C)C)N(C)C(=O)OCc1ccc(O[C@@H]2OC(C(=O)O)[C@@H](O)[C@H](O)C2O)c(NC(=O)CCNC(=O)CON)c1)C(C)C. The zero-order chi connectivity index (χ0) is 65.1. The summed E-state index contributed by atoms with van der Waals surface area (Å²) in [6, 6.07) is 10.1. The summed E-state index contributed by atoms with van der Waals surface area (Å²) in [6.45, 7) is 12.0. The van der Waals surface area contributed by atoms with Crippen molar-refractivity contribution >= 4 is 64.5 Å². The fourth-order valence-corrected chi connectivity index (χ4v) is 11.8. The van der Waals surface area contributed by atoms with E-state index in [1.54, 1.807) is 59.9 Å². The lowest BCUT2D eigenvalue weighted by Gasteiger charge is -2.41. The van der Waals surface area contributed by atoms with Gasteiger partial charge in [-0.05, 0) is 60.3 Å². The van der Waals surface area contributed by atoms with Crippen LogP contribution in [0.3, 0.4) is 0 Å². The normalized spacial score (nSPS) is 21.2. The first-order valence-corrected chi connectivity index (χ1v) is 30.3. The number of carboxylic acids is 1. The molecule has 5 rings (SSSR count). The molecule has 3 aromatic rings. The molecule has 27 nitrogen and oxygen atoms in total. The summed E-state index contributed by atoms with van der Waals surface area (Å²) in [5.41, 5.74) is 1.17. The summed E-state index contributed by atoms with van der Waals surface area (Å²) in [5, 5.41) is 54.6. The topological polar surface area (TPSA) is 370 Å². The summed E-state index contributed by atoms with van der Waals surface area (Å²) >= 11 is 1.46. The van der Waals surface area contributed by atoms with Crippen molar-refractivity contribution in [3.63, 3.8) is 0 Å². The second kappa shape index (κ2) is 34.2. The molecule has 0 aliphatic carbocycles. The third-order valence-corrected chi connectivity index (χ3v) is 17.0. The van der Waals surface area contributed by atoms with Crippen molar-refractivity contribution in [2.45, 2.75) is 167 Å². The Kier molecular flexibility index (Phi) is 27.9. The summed E-state index contributed by atoms with van der Waals surface area (Å²) in [5.74, 6) is -1.65. The Balaban J connectivity index is 1.27. The molecule has 488 valence electrons. The molecule has 0 spiro atoms. The van der Waals surface area contributed by atoms with Crippen LogP contribution in [-0.4, -0.2) is 203 Å². The smallest absolute Gasteiger partial charge is 0.410 e. The van der Waals surface area contributed by atoms with Crippen LogP contribution in [0.5, 0.6) is 5.75 Å². The van der Waals surface area contributed by atoms with E-state index in [4.69, 9.17) is 29.6 Å². The predicted octanol–water partition coefficient (Wildman–Crippen LogP) is 2.50. The Morgan fingerprint density at radius 1 is 0.864 bits per heavy atom. The molecule has 2 saturated heterocycles. The predicted molar refractivity (Wildman–Crippen MR) is 320 cm³/mol. The number of anilines is 1. The molecule has 3 heterocycles. The third-order valence-electron chi connectivity index (χ3n) is 16.1. The Bertz CT molecular complexity index is 2780. The van der Waals surface area contributed by atoms with Gasteiger partial charge >= 0.3 is 12.1 Å². The van der Waals surface area contributed by atoms with Crippen molar-refractivity contribution in [2.24, 2.45) is 29.6 Å². The van der Waals surface area contributed by atoms with Crippen LogP contribution in [0.4, 0.5) is 10.5 Å². The number of likely N-dealkylation sites (N-methyl/N-ethyl adjacent to an activating group) is 2. The van der Waals surface area contributed by atoms with Crippen molar-refractivity contribution in [3.8, 4) is 5.75 Å². The standard InChI is InChI=1S/C60H89N9O18S/c1-12-34(6)48(42(82-10)29-45(72)69-25-16-19-40(69)52(83-11)35(7)54(76)65-39(56-63-24-26-88-56)27-36-17-14-13-15-18-36)67(8)57(78)46(32(2)3)66-55(77)47(33(4)5)68(9)60(81)84-30-37-20-21-41(38(28-37)64-43(70)22-23-62-44(71)31-85-61)86-59-51(75)49(73)50(74)53(87-59)58(79)80/h13-15,17-18,20-21,24,26,28,32-35,39-40,42,46-53,59,73-75H,12,16,19,22-23,25,27,29-31,61H2,1-11H3,(H,62,71)(H,64,70)(H,65,76)(H,66,77)(H,79,80)/t34?,35-,39?,40+,42-,46?,47+,48+,49+,50+,51?,52-,53?,59-/m1/s1. The number of rotatable bonds is 32. The van der Waals surface area contributed by atoms with E-state index >= 15 is 0 Å². The van der Waals surface area contributed by atoms with Crippen molar-refractivity contribution in [1.29, 1.82) is 0 Å². The number of aliphatic carboxylic acids is 1. The van der Waals surface area contributed by atoms with Gasteiger partial charge in [0.1, 0.15) is 54.4 Å². The van der Waals surface area contributed by atoms with E-state index in [1.165, 1.54) is 48.6 Å². The number of hydrogen-bond donors (Lipinski definition) is 9. The van der Waals surface area contributed by atoms with E-state index < -0.39 is 134 Å². The minimum absolute atomic E-state index is 0.104. The van der Waals surface area contributed by atoms with Gasteiger partial charge in [0.2, 0.25) is 41.7 Å². The lowest BCUT2D eigenvalue weighted by atomic mass is 9.89. The minimum Gasteiger partial charge on any atom is -0.479 e. The second-order valence-electron chi connectivity index (χ2n) is 22.9. The van der Waals surface area contributed by atoms with Gasteiger partial charge in [0.25, 0.3) is 0 Å². The van der Waals surface area contributed by atoms with Crippen LogP contribution in [-0.2, 0) is 70.4 Å². The molecule has 10 N–H and O–H groups in total. The molecule has 7 amide bonds. The quantitative estimate of drug-likeness (QED) is 0.0405. The highest BCUT2D eigenvalue weighted by Crippen LogP contribution is 2.34. The fourth-order valence-electron chi connectivity index (χ4n) is 11.1. The van der Waals surface area contributed by atoms with Crippen molar-refractivity contribution in [3.05, 3.63) is 76.2 Å². The first-order chi connectivity index (χ1) is 41.8. The average molecular weight is 1260 g/mol.